The zero-order valence-electron chi connectivity index (χ0n) is 13.2. The molecule has 0 atom stereocenters. The first kappa shape index (κ1) is 17.6. The van der Waals surface area contributed by atoms with Crippen LogP contribution in [0.2, 0.25) is 10.0 Å². The van der Waals surface area contributed by atoms with Crippen molar-refractivity contribution in [2.45, 2.75) is 26.7 Å². The second-order valence-corrected chi connectivity index (χ2v) is 6.55. The fraction of sp³-hybridized carbons (Fsp3) is 0.278. The number of benzene rings is 2. The lowest BCUT2D eigenvalue weighted by molar-refractivity contribution is 0.0954. The van der Waals surface area contributed by atoms with E-state index in [2.05, 4.69) is 37.4 Å². The van der Waals surface area contributed by atoms with E-state index in [1.807, 2.05) is 0 Å². The summed E-state index contributed by atoms with van der Waals surface area (Å²) in [5, 5.41) is 3.53. The Morgan fingerprint density at radius 1 is 1.09 bits per heavy atom. The van der Waals surface area contributed by atoms with Gasteiger partial charge in [0.1, 0.15) is 0 Å². The normalized spacial score (nSPS) is 10.6. The van der Waals surface area contributed by atoms with Crippen LogP contribution in [0.1, 0.15) is 33.5 Å². The molecule has 0 radical (unpaired) electrons. The molecule has 0 bridgehead atoms. The quantitative estimate of drug-likeness (QED) is 0.613. The van der Waals surface area contributed by atoms with Gasteiger partial charge in [0, 0.05) is 17.3 Å². The summed E-state index contributed by atoms with van der Waals surface area (Å²) in [6.07, 6.45) is 1.76. The van der Waals surface area contributed by atoms with Crippen molar-refractivity contribution in [3.05, 3.63) is 62.6 Å². The Hall–Kier alpha value is -1.71. The molecule has 0 aliphatic heterocycles. The molecule has 0 saturated carbocycles. The minimum Gasteiger partial charge on any atom is -0.398 e. The number of halogens is 2. The number of aryl methyl sites for hydroxylation is 3. The van der Waals surface area contributed by atoms with Crippen molar-refractivity contribution >= 4 is 34.8 Å². The third kappa shape index (κ3) is 4.88. The van der Waals surface area contributed by atoms with Gasteiger partial charge in [0.2, 0.25) is 0 Å². The first-order valence-corrected chi connectivity index (χ1v) is 8.22. The van der Waals surface area contributed by atoms with Gasteiger partial charge in [0.05, 0.1) is 10.6 Å². The van der Waals surface area contributed by atoms with E-state index < -0.39 is 0 Å². The summed E-state index contributed by atoms with van der Waals surface area (Å²) in [5.41, 5.74) is 10.2. The number of hydrogen-bond acceptors (Lipinski definition) is 2. The first-order chi connectivity index (χ1) is 10.9. The van der Waals surface area contributed by atoms with Crippen molar-refractivity contribution in [3.63, 3.8) is 0 Å². The van der Waals surface area contributed by atoms with Gasteiger partial charge in [-0.05, 0) is 44.4 Å². The Bertz CT molecular complexity index is 686. The van der Waals surface area contributed by atoms with Gasteiger partial charge >= 0.3 is 0 Å². The van der Waals surface area contributed by atoms with Crippen molar-refractivity contribution in [1.82, 2.24) is 5.32 Å². The standard InChI is InChI=1S/C18H20Cl2N2O/c1-11-6-12(2)8-13(7-11)4-3-5-22-18(23)17-15(20)9-14(19)10-16(17)21/h6-10H,3-5,21H2,1-2H3,(H,22,23). The third-order valence-corrected chi connectivity index (χ3v) is 4.04. The zero-order chi connectivity index (χ0) is 17.0. The Kier molecular flexibility index (Phi) is 5.91. The third-order valence-electron chi connectivity index (χ3n) is 3.52. The van der Waals surface area contributed by atoms with E-state index in [1.54, 1.807) is 0 Å². The van der Waals surface area contributed by atoms with Crippen LogP contribution in [0.4, 0.5) is 5.69 Å². The average Bonchev–Trinajstić information content (AvgIpc) is 2.41. The maximum absolute atomic E-state index is 12.2. The molecule has 5 heteroatoms. The lowest BCUT2D eigenvalue weighted by Gasteiger charge is -2.10. The molecule has 2 aromatic rings. The molecule has 0 spiro atoms. The molecular weight excluding hydrogens is 331 g/mol. The predicted molar refractivity (Wildman–Crippen MR) is 97.4 cm³/mol. The highest BCUT2D eigenvalue weighted by atomic mass is 35.5. The van der Waals surface area contributed by atoms with E-state index in [0.29, 0.717) is 11.6 Å². The fourth-order valence-electron chi connectivity index (χ4n) is 2.63. The first-order valence-electron chi connectivity index (χ1n) is 7.46. The molecule has 0 aromatic heterocycles. The number of carbonyl (C=O) groups is 1. The average molecular weight is 351 g/mol. The van der Waals surface area contributed by atoms with Gasteiger partial charge in [0.25, 0.3) is 5.91 Å². The van der Waals surface area contributed by atoms with Crippen molar-refractivity contribution in [1.29, 1.82) is 0 Å². The SMILES string of the molecule is Cc1cc(C)cc(CCCNC(=O)c2c(N)cc(Cl)cc2Cl)c1. The molecule has 23 heavy (non-hydrogen) atoms. The van der Waals surface area contributed by atoms with Crippen LogP contribution < -0.4 is 11.1 Å². The molecule has 1 amide bonds. The Labute approximate surface area is 146 Å². The number of amides is 1. The highest BCUT2D eigenvalue weighted by Crippen LogP contribution is 2.27. The fourth-order valence-corrected chi connectivity index (χ4v) is 3.22. The lowest BCUT2D eigenvalue weighted by atomic mass is 10.0. The van der Waals surface area contributed by atoms with Crippen LogP contribution in [0.25, 0.3) is 0 Å². The minimum absolute atomic E-state index is 0.266. The van der Waals surface area contributed by atoms with Crippen LogP contribution in [-0.2, 0) is 6.42 Å². The zero-order valence-corrected chi connectivity index (χ0v) is 14.8. The number of hydrogen-bond donors (Lipinski definition) is 2. The van der Waals surface area contributed by atoms with Gasteiger partial charge in [-0.15, -0.1) is 0 Å². The maximum atomic E-state index is 12.2. The van der Waals surface area contributed by atoms with Gasteiger partial charge in [-0.3, -0.25) is 4.79 Å². The van der Waals surface area contributed by atoms with Gasteiger partial charge in [-0.2, -0.15) is 0 Å². The molecule has 2 rings (SSSR count). The summed E-state index contributed by atoms with van der Waals surface area (Å²) >= 11 is 11.9. The van der Waals surface area contributed by atoms with Crippen molar-refractivity contribution in [3.8, 4) is 0 Å². The molecule has 122 valence electrons. The van der Waals surface area contributed by atoms with Crippen molar-refractivity contribution in [2.75, 3.05) is 12.3 Å². The number of carbonyl (C=O) groups excluding carboxylic acids is 1. The predicted octanol–water partition coefficient (Wildman–Crippen LogP) is 4.56. The van der Waals surface area contributed by atoms with Crippen molar-refractivity contribution in [2.24, 2.45) is 0 Å². The molecule has 0 heterocycles. The van der Waals surface area contributed by atoms with Crippen LogP contribution in [0.15, 0.2) is 30.3 Å². The molecule has 0 saturated heterocycles. The van der Waals surface area contributed by atoms with Gasteiger partial charge in [-0.25, -0.2) is 0 Å². The van der Waals surface area contributed by atoms with Crippen LogP contribution in [0.5, 0.6) is 0 Å². The summed E-state index contributed by atoms with van der Waals surface area (Å²) in [6, 6.07) is 9.53. The number of nitrogens with two attached hydrogens (primary N) is 1. The Morgan fingerprint density at radius 3 is 2.35 bits per heavy atom. The van der Waals surface area contributed by atoms with Crippen LogP contribution in [0, 0.1) is 13.8 Å². The number of nitrogen functional groups attached to an aromatic ring is 1. The smallest absolute Gasteiger partial charge is 0.254 e. The van der Waals surface area contributed by atoms with Gasteiger partial charge in [0.15, 0.2) is 0 Å². The molecule has 0 aliphatic rings. The summed E-state index contributed by atoms with van der Waals surface area (Å²) in [4.78, 5) is 12.2. The molecule has 0 aliphatic carbocycles. The topological polar surface area (TPSA) is 55.1 Å². The summed E-state index contributed by atoms with van der Waals surface area (Å²) < 4.78 is 0. The lowest BCUT2D eigenvalue weighted by Crippen LogP contribution is -2.26. The summed E-state index contributed by atoms with van der Waals surface area (Å²) in [6.45, 7) is 4.73. The molecular formula is C18H20Cl2N2O. The van der Waals surface area contributed by atoms with Crippen LogP contribution >= 0.6 is 23.2 Å². The highest BCUT2D eigenvalue weighted by molar-refractivity contribution is 6.37. The maximum Gasteiger partial charge on any atom is 0.254 e. The van der Waals surface area contributed by atoms with E-state index in [9.17, 15) is 4.79 Å². The molecule has 2 aromatic carbocycles. The van der Waals surface area contributed by atoms with Crippen LogP contribution in [0.3, 0.4) is 0 Å². The second kappa shape index (κ2) is 7.71. The molecule has 3 N–H and O–H groups in total. The van der Waals surface area contributed by atoms with Gasteiger partial charge in [-0.1, -0.05) is 52.5 Å². The number of rotatable bonds is 5. The van der Waals surface area contributed by atoms with E-state index >= 15 is 0 Å². The number of anilines is 1. The van der Waals surface area contributed by atoms with E-state index in [4.69, 9.17) is 28.9 Å². The van der Waals surface area contributed by atoms with E-state index in [1.165, 1.54) is 28.8 Å². The Balaban J connectivity index is 1.90. The summed E-state index contributed by atoms with van der Waals surface area (Å²) in [5.74, 6) is -0.274. The summed E-state index contributed by atoms with van der Waals surface area (Å²) in [7, 11) is 0. The van der Waals surface area contributed by atoms with E-state index in [0.717, 1.165) is 12.8 Å². The van der Waals surface area contributed by atoms with E-state index in [-0.39, 0.29) is 22.2 Å². The molecule has 0 unspecified atom stereocenters. The minimum atomic E-state index is -0.274. The Morgan fingerprint density at radius 2 is 1.74 bits per heavy atom. The highest BCUT2D eigenvalue weighted by Gasteiger charge is 2.14. The largest absolute Gasteiger partial charge is 0.398 e. The molecule has 3 nitrogen and oxygen atoms in total. The monoisotopic (exact) mass is 350 g/mol. The van der Waals surface area contributed by atoms with Gasteiger partial charge < -0.3 is 11.1 Å². The second-order valence-electron chi connectivity index (χ2n) is 5.71. The molecule has 0 fully saturated rings. The van der Waals surface area contributed by atoms with Crippen molar-refractivity contribution < 1.29 is 4.79 Å². The number of nitrogens with one attached hydrogen (secondary N) is 1. The van der Waals surface area contributed by atoms with Crippen LogP contribution in [-0.4, -0.2) is 12.5 Å².